The summed E-state index contributed by atoms with van der Waals surface area (Å²) in [6.45, 7) is 2.03. The number of Topliss-reactive ketones (excluding diaryl/α,β-unsaturated/α-hetero) is 1. The number of likely N-dealkylation sites (tertiary alicyclic amines) is 1. The third-order valence-electron chi connectivity index (χ3n) is 6.22. The lowest BCUT2D eigenvalue weighted by molar-refractivity contribution is -0.137. The summed E-state index contributed by atoms with van der Waals surface area (Å²) in [5, 5.41) is 22.8. The fraction of sp³-hybridized carbons (Fsp3) is 0.480. The van der Waals surface area contributed by atoms with Crippen molar-refractivity contribution < 1.29 is 32.6 Å². The highest BCUT2D eigenvalue weighted by molar-refractivity contribution is 6.01. The van der Waals surface area contributed by atoms with Crippen molar-refractivity contribution in [1.82, 2.24) is 4.90 Å². The molecule has 1 aliphatic heterocycles. The van der Waals surface area contributed by atoms with Crippen molar-refractivity contribution in [2.75, 3.05) is 38.1 Å². The maximum atomic E-state index is 13.6. The molecule has 2 aromatic rings. The summed E-state index contributed by atoms with van der Waals surface area (Å²) in [5.41, 5.74) is -1.00. The number of ketones is 1. The maximum Gasteiger partial charge on any atom is 0.416 e. The number of halogens is 4. The standard InChI is InChI=1S/C25H30F4N2O3/c26-20-7-8-21(22(17-20)30-11-3-15-32)23(33)6-2-12-31-13-9-24(34,10-14-31)18-4-1-5-19(16-18)25(27,28)29/h1,4-5,7-8,16-17,30,32,34H,2-3,6,9-15H2. The highest BCUT2D eigenvalue weighted by Crippen LogP contribution is 2.36. The van der Waals surface area contributed by atoms with E-state index in [1.165, 1.54) is 30.3 Å². The second-order valence-electron chi connectivity index (χ2n) is 8.67. The lowest BCUT2D eigenvalue weighted by atomic mass is 9.83. The highest BCUT2D eigenvalue weighted by Gasteiger charge is 2.37. The minimum Gasteiger partial charge on any atom is -0.396 e. The summed E-state index contributed by atoms with van der Waals surface area (Å²) in [5.74, 6) is -0.575. The van der Waals surface area contributed by atoms with E-state index in [2.05, 4.69) is 10.2 Å². The second kappa shape index (κ2) is 11.3. The zero-order valence-electron chi connectivity index (χ0n) is 18.9. The van der Waals surface area contributed by atoms with Crippen LogP contribution in [0.15, 0.2) is 42.5 Å². The van der Waals surface area contributed by atoms with Crippen LogP contribution in [0.1, 0.15) is 53.6 Å². The highest BCUT2D eigenvalue weighted by atomic mass is 19.4. The Kier molecular flexibility index (Phi) is 8.67. The number of carbonyl (C=O) groups is 1. The number of anilines is 1. The molecule has 0 saturated carbocycles. The molecule has 186 valence electrons. The molecule has 0 aromatic heterocycles. The van der Waals surface area contributed by atoms with Gasteiger partial charge in [0.15, 0.2) is 5.78 Å². The van der Waals surface area contributed by atoms with Gasteiger partial charge in [-0.25, -0.2) is 4.39 Å². The topological polar surface area (TPSA) is 72.8 Å². The van der Waals surface area contributed by atoms with Crippen LogP contribution in [0.4, 0.5) is 23.2 Å². The van der Waals surface area contributed by atoms with Gasteiger partial charge in [-0.1, -0.05) is 12.1 Å². The van der Waals surface area contributed by atoms with Crippen molar-refractivity contribution in [3.63, 3.8) is 0 Å². The number of aliphatic hydroxyl groups is 2. The van der Waals surface area contributed by atoms with Gasteiger partial charge >= 0.3 is 6.18 Å². The largest absolute Gasteiger partial charge is 0.416 e. The number of hydrogen-bond acceptors (Lipinski definition) is 5. The van der Waals surface area contributed by atoms with Crippen molar-refractivity contribution in [2.24, 2.45) is 0 Å². The van der Waals surface area contributed by atoms with Crippen LogP contribution in [0.3, 0.4) is 0 Å². The minimum absolute atomic E-state index is 0.00960. The molecule has 1 heterocycles. The van der Waals surface area contributed by atoms with Crippen LogP contribution in [0.5, 0.6) is 0 Å². The SMILES string of the molecule is O=C(CCCN1CCC(O)(c2cccc(C(F)(F)F)c2)CC1)c1ccc(F)cc1NCCCO. The van der Waals surface area contributed by atoms with E-state index in [0.717, 1.165) is 12.1 Å². The lowest BCUT2D eigenvalue weighted by Crippen LogP contribution is -2.43. The number of rotatable bonds is 10. The van der Waals surface area contributed by atoms with E-state index in [9.17, 15) is 27.5 Å². The molecule has 0 aliphatic carbocycles. The van der Waals surface area contributed by atoms with Crippen LogP contribution in [-0.2, 0) is 11.8 Å². The Morgan fingerprint density at radius 3 is 2.50 bits per heavy atom. The van der Waals surface area contributed by atoms with Gasteiger partial charge in [0.05, 0.1) is 11.2 Å². The van der Waals surface area contributed by atoms with Crippen molar-refractivity contribution in [1.29, 1.82) is 0 Å². The molecule has 0 unspecified atom stereocenters. The lowest BCUT2D eigenvalue weighted by Gasteiger charge is -2.38. The smallest absolute Gasteiger partial charge is 0.396 e. The molecule has 0 amide bonds. The summed E-state index contributed by atoms with van der Waals surface area (Å²) in [7, 11) is 0. The third-order valence-corrected chi connectivity index (χ3v) is 6.22. The molecular weight excluding hydrogens is 452 g/mol. The normalized spacial score (nSPS) is 16.4. The molecule has 1 saturated heterocycles. The van der Waals surface area contributed by atoms with E-state index in [-0.39, 0.29) is 24.4 Å². The molecule has 1 fully saturated rings. The summed E-state index contributed by atoms with van der Waals surface area (Å²) in [6, 6.07) is 8.81. The Balaban J connectivity index is 1.51. The Hall–Kier alpha value is -2.49. The number of nitrogens with one attached hydrogen (secondary N) is 1. The predicted octanol–water partition coefficient (Wildman–Crippen LogP) is 4.59. The molecule has 0 bridgehead atoms. The van der Waals surface area contributed by atoms with Gasteiger partial charge in [0.2, 0.25) is 0 Å². The molecule has 3 N–H and O–H groups in total. The Morgan fingerprint density at radius 1 is 1.09 bits per heavy atom. The summed E-state index contributed by atoms with van der Waals surface area (Å²) < 4.78 is 52.7. The first-order valence-electron chi connectivity index (χ1n) is 11.4. The number of nitrogens with zero attached hydrogens (tertiary/aromatic N) is 1. The van der Waals surface area contributed by atoms with E-state index in [1.54, 1.807) is 0 Å². The second-order valence-corrected chi connectivity index (χ2v) is 8.67. The Bertz CT molecular complexity index is 973. The van der Waals surface area contributed by atoms with E-state index in [0.29, 0.717) is 63.1 Å². The molecule has 0 radical (unpaired) electrons. The molecule has 2 aromatic carbocycles. The summed E-state index contributed by atoms with van der Waals surface area (Å²) in [4.78, 5) is 14.8. The predicted molar refractivity (Wildman–Crippen MR) is 121 cm³/mol. The summed E-state index contributed by atoms with van der Waals surface area (Å²) in [6.07, 6.45) is -2.55. The van der Waals surface area contributed by atoms with Crippen LogP contribution in [0, 0.1) is 5.82 Å². The monoisotopic (exact) mass is 482 g/mol. The Morgan fingerprint density at radius 2 is 1.82 bits per heavy atom. The average molecular weight is 483 g/mol. The molecular formula is C25H30F4N2O3. The minimum atomic E-state index is -4.46. The van der Waals surface area contributed by atoms with Crippen LogP contribution < -0.4 is 5.32 Å². The Labute approximate surface area is 196 Å². The van der Waals surface area contributed by atoms with Gasteiger partial charge in [-0.05, 0) is 68.1 Å². The van der Waals surface area contributed by atoms with Crippen molar-refractivity contribution in [3.8, 4) is 0 Å². The van der Waals surface area contributed by atoms with E-state index < -0.39 is 23.2 Å². The van der Waals surface area contributed by atoms with Crippen LogP contribution in [-0.4, -0.2) is 53.7 Å². The van der Waals surface area contributed by atoms with Gasteiger partial charge in [-0.3, -0.25) is 4.79 Å². The van der Waals surface area contributed by atoms with Crippen molar-refractivity contribution in [3.05, 3.63) is 65.0 Å². The fourth-order valence-corrected chi connectivity index (χ4v) is 4.23. The van der Waals surface area contributed by atoms with Gasteiger partial charge in [-0.2, -0.15) is 13.2 Å². The molecule has 9 heteroatoms. The summed E-state index contributed by atoms with van der Waals surface area (Å²) >= 11 is 0. The van der Waals surface area contributed by atoms with Crippen LogP contribution >= 0.6 is 0 Å². The number of alkyl halides is 3. The van der Waals surface area contributed by atoms with E-state index >= 15 is 0 Å². The van der Waals surface area contributed by atoms with Gasteiger partial charge in [0.1, 0.15) is 5.82 Å². The zero-order chi connectivity index (χ0) is 24.8. The van der Waals surface area contributed by atoms with Gasteiger partial charge < -0.3 is 20.4 Å². The average Bonchev–Trinajstić information content (AvgIpc) is 2.80. The maximum absolute atomic E-state index is 13.6. The van der Waals surface area contributed by atoms with Gasteiger partial charge in [0, 0.05) is 43.9 Å². The van der Waals surface area contributed by atoms with Gasteiger partial charge in [0.25, 0.3) is 0 Å². The quantitative estimate of drug-likeness (QED) is 0.263. The van der Waals surface area contributed by atoms with Crippen molar-refractivity contribution >= 4 is 11.5 Å². The van der Waals surface area contributed by atoms with Crippen molar-refractivity contribution in [2.45, 2.75) is 43.9 Å². The first-order chi connectivity index (χ1) is 16.1. The molecule has 3 rings (SSSR count). The van der Waals surface area contributed by atoms with Gasteiger partial charge in [-0.15, -0.1) is 0 Å². The van der Waals surface area contributed by atoms with E-state index in [4.69, 9.17) is 5.11 Å². The first-order valence-corrected chi connectivity index (χ1v) is 11.4. The number of piperidine rings is 1. The number of aliphatic hydroxyl groups excluding tert-OH is 1. The number of hydrogen-bond donors (Lipinski definition) is 3. The van der Waals surface area contributed by atoms with Crippen LogP contribution in [0.25, 0.3) is 0 Å². The molecule has 0 spiro atoms. The zero-order valence-corrected chi connectivity index (χ0v) is 18.9. The first kappa shape index (κ1) is 26.1. The molecule has 1 aliphatic rings. The molecule has 5 nitrogen and oxygen atoms in total. The fourth-order valence-electron chi connectivity index (χ4n) is 4.23. The third kappa shape index (κ3) is 6.77. The number of benzene rings is 2. The van der Waals surface area contributed by atoms with E-state index in [1.807, 2.05) is 0 Å². The molecule has 34 heavy (non-hydrogen) atoms. The number of carbonyl (C=O) groups excluding carboxylic acids is 1. The van der Waals surface area contributed by atoms with Crippen LogP contribution in [0.2, 0.25) is 0 Å². The molecule has 0 atom stereocenters.